The number of nitrogens with zero attached hydrogens (tertiary/aromatic N) is 3. The zero-order valence-electron chi connectivity index (χ0n) is 17.0. The molecular weight excluding hydrogens is 358 g/mol. The first kappa shape index (κ1) is 20.3. The molecule has 1 aliphatic rings. The Labute approximate surface area is 164 Å². The van der Waals surface area contributed by atoms with Gasteiger partial charge in [0.15, 0.2) is 5.65 Å². The van der Waals surface area contributed by atoms with E-state index in [2.05, 4.69) is 15.3 Å². The third-order valence-corrected chi connectivity index (χ3v) is 5.35. The summed E-state index contributed by atoms with van der Waals surface area (Å²) >= 11 is 0. The van der Waals surface area contributed by atoms with Crippen LogP contribution in [-0.4, -0.2) is 51.5 Å². The molecule has 2 aromatic rings. The Hall–Kier alpha value is -2.48. The van der Waals surface area contributed by atoms with Gasteiger partial charge in [0.2, 0.25) is 0 Å². The van der Waals surface area contributed by atoms with Crippen molar-refractivity contribution in [3.8, 4) is 0 Å². The summed E-state index contributed by atoms with van der Waals surface area (Å²) in [5, 5.41) is 3.43. The highest BCUT2D eigenvalue weighted by Crippen LogP contribution is 2.22. The lowest BCUT2D eigenvalue weighted by atomic mass is 10.0. The second kappa shape index (κ2) is 8.26. The summed E-state index contributed by atoms with van der Waals surface area (Å²) in [5.74, 6) is -0.117. The molecule has 3 heterocycles. The van der Waals surface area contributed by atoms with Crippen LogP contribution in [0.5, 0.6) is 0 Å². The lowest BCUT2D eigenvalue weighted by Gasteiger charge is -2.33. The number of aromatic nitrogens is 3. The van der Waals surface area contributed by atoms with Gasteiger partial charge in [-0.3, -0.25) is 19.1 Å². The maximum atomic E-state index is 13.4. The fourth-order valence-corrected chi connectivity index (χ4v) is 3.76. The van der Waals surface area contributed by atoms with Crippen LogP contribution in [0.2, 0.25) is 0 Å². The average molecular weight is 387 g/mol. The first-order chi connectivity index (χ1) is 13.4. The van der Waals surface area contributed by atoms with Crippen molar-refractivity contribution in [2.75, 3.05) is 20.1 Å². The number of aryl methyl sites for hydroxylation is 1. The second-order valence-electron chi connectivity index (χ2n) is 7.74. The van der Waals surface area contributed by atoms with E-state index in [4.69, 9.17) is 0 Å². The van der Waals surface area contributed by atoms with E-state index < -0.39 is 11.2 Å². The lowest BCUT2D eigenvalue weighted by Crippen LogP contribution is -2.47. The first-order valence-corrected chi connectivity index (χ1v) is 10.0. The number of piperidine rings is 1. The third-order valence-electron chi connectivity index (χ3n) is 5.35. The van der Waals surface area contributed by atoms with Crippen LogP contribution in [0.15, 0.2) is 15.7 Å². The van der Waals surface area contributed by atoms with E-state index in [9.17, 15) is 14.4 Å². The maximum Gasteiger partial charge on any atom is 0.329 e. The quantitative estimate of drug-likeness (QED) is 0.809. The number of amides is 1. The van der Waals surface area contributed by atoms with E-state index in [1.165, 1.54) is 4.57 Å². The molecule has 0 bridgehead atoms. The van der Waals surface area contributed by atoms with Crippen molar-refractivity contribution in [2.24, 2.45) is 0 Å². The van der Waals surface area contributed by atoms with Crippen LogP contribution >= 0.6 is 0 Å². The van der Waals surface area contributed by atoms with E-state index in [-0.39, 0.29) is 23.3 Å². The monoisotopic (exact) mass is 387 g/mol. The molecule has 152 valence electrons. The van der Waals surface area contributed by atoms with Crippen molar-refractivity contribution in [3.05, 3.63) is 38.2 Å². The number of carbonyl (C=O) groups is 1. The zero-order chi connectivity index (χ0) is 20.4. The smallest absolute Gasteiger partial charge is 0.329 e. The lowest BCUT2D eigenvalue weighted by molar-refractivity contribution is 0.0700. The van der Waals surface area contributed by atoms with Crippen molar-refractivity contribution >= 4 is 16.9 Å². The Morgan fingerprint density at radius 1 is 1.39 bits per heavy atom. The molecule has 0 spiro atoms. The largest absolute Gasteiger partial charge is 0.337 e. The second-order valence-corrected chi connectivity index (χ2v) is 7.74. The van der Waals surface area contributed by atoms with Crippen LogP contribution in [0, 0.1) is 0 Å². The third kappa shape index (κ3) is 3.73. The summed E-state index contributed by atoms with van der Waals surface area (Å²) in [7, 11) is 1.89. The number of carbonyl (C=O) groups excluding carboxylic acids is 1. The van der Waals surface area contributed by atoms with Crippen molar-refractivity contribution in [2.45, 2.75) is 58.5 Å². The SMILES string of the molecule is CCCn1c(=O)[nH]c(=O)c2c(C(=O)N3CCCC(NC)C3)cc(C(C)C)nc21. The molecule has 1 unspecified atom stereocenters. The number of hydrogen-bond donors (Lipinski definition) is 2. The van der Waals surface area contributed by atoms with Crippen LogP contribution in [0.3, 0.4) is 0 Å². The molecule has 1 fully saturated rings. The Morgan fingerprint density at radius 3 is 2.79 bits per heavy atom. The number of likely N-dealkylation sites (N-methyl/N-ethyl adjacent to an activating group) is 1. The molecule has 3 rings (SSSR count). The van der Waals surface area contributed by atoms with Crippen LogP contribution in [-0.2, 0) is 6.54 Å². The number of H-pyrrole nitrogens is 1. The molecule has 0 radical (unpaired) electrons. The molecule has 0 aliphatic carbocycles. The standard InChI is InChI=1S/C20H29N5O3/c1-5-8-25-17-16(18(26)23-20(25)28)14(10-15(22-17)12(2)3)19(27)24-9-6-7-13(11-24)21-4/h10,12-13,21H,5-9,11H2,1-4H3,(H,23,26,28). The molecule has 1 saturated heterocycles. The number of aromatic amines is 1. The number of likely N-dealkylation sites (tertiary alicyclic amines) is 1. The van der Waals surface area contributed by atoms with E-state index in [0.29, 0.717) is 43.0 Å². The molecule has 0 aromatic carbocycles. The van der Waals surface area contributed by atoms with Gasteiger partial charge in [-0.1, -0.05) is 20.8 Å². The van der Waals surface area contributed by atoms with Crippen LogP contribution in [0.4, 0.5) is 0 Å². The number of pyridine rings is 1. The molecule has 8 heteroatoms. The van der Waals surface area contributed by atoms with Gasteiger partial charge in [-0.25, -0.2) is 9.78 Å². The van der Waals surface area contributed by atoms with Gasteiger partial charge in [-0.05, 0) is 38.3 Å². The van der Waals surface area contributed by atoms with Crippen LogP contribution in [0.1, 0.15) is 62.0 Å². The summed E-state index contributed by atoms with van der Waals surface area (Å²) in [6.45, 7) is 7.60. The minimum Gasteiger partial charge on any atom is -0.337 e. The van der Waals surface area contributed by atoms with Gasteiger partial charge in [0.1, 0.15) is 0 Å². The molecule has 1 atom stereocenters. The van der Waals surface area contributed by atoms with Crippen LogP contribution < -0.4 is 16.6 Å². The summed E-state index contributed by atoms with van der Waals surface area (Å²) in [6, 6.07) is 1.96. The molecule has 0 saturated carbocycles. The maximum absolute atomic E-state index is 13.4. The van der Waals surface area contributed by atoms with Gasteiger partial charge in [0.05, 0.1) is 10.9 Å². The van der Waals surface area contributed by atoms with E-state index >= 15 is 0 Å². The molecule has 1 amide bonds. The number of rotatable bonds is 5. The van der Waals surface area contributed by atoms with Crippen molar-refractivity contribution < 1.29 is 4.79 Å². The topological polar surface area (TPSA) is 100 Å². The normalized spacial score (nSPS) is 17.5. The molecular formula is C20H29N5O3. The Balaban J connectivity index is 2.23. The molecule has 8 nitrogen and oxygen atoms in total. The summed E-state index contributed by atoms with van der Waals surface area (Å²) in [5.41, 5.74) is 0.289. The highest BCUT2D eigenvalue weighted by Gasteiger charge is 2.27. The van der Waals surface area contributed by atoms with E-state index in [0.717, 1.165) is 12.8 Å². The van der Waals surface area contributed by atoms with Gasteiger partial charge < -0.3 is 10.2 Å². The van der Waals surface area contributed by atoms with Crippen molar-refractivity contribution in [1.82, 2.24) is 24.8 Å². The zero-order valence-corrected chi connectivity index (χ0v) is 17.0. The van der Waals surface area contributed by atoms with Crippen LogP contribution in [0.25, 0.3) is 11.0 Å². The molecule has 2 N–H and O–H groups in total. The van der Waals surface area contributed by atoms with Gasteiger partial charge in [-0.2, -0.15) is 0 Å². The minimum atomic E-state index is -0.555. The van der Waals surface area contributed by atoms with Gasteiger partial charge in [-0.15, -0.1) is 0 Å². The predicted octanol–water partition coefficient (Wildman–Crippen LogP) is 1.44. The summed E-state index contributed by atoms with van der Waals surface area (Å²) < 4.78 is 1.46. The molecule has 28 heavy (non-hydrogen) atoms. The van der Waals surface area contributed by atoms with Crippen molar-refractivity contribution in [1.29, 1.82) is 0 Å². The Kier molecular flexibility index (Phi) is 5.98. The summed E-state index contributed by atoms with van der Waals surface area (Å²) in [6.07, 6.45) is 2.65. The molecule has 2 aromatic heterocycles. The van der Waals surface area contributed by atoms with Gasteiger partial charge in [0.25, 0.3) is 11.5 Å². The van der Waals surface area contributed by atoms with E-state index in [1.807, 2.05) is 27.8 Å². The number of nitrogens with one attached hydrogen (secondary N) is 2. The number of hydrogen-bond acceptors (Lipinski definition) is 5. The average Bonchev–Trinajstić information content (AvgIpc) is 2.69. The van der Waals surface area contributed by atoms with E-state index in [1.54, 1.807) is 11.0 Å². The molecule has 1 aliphatic heterocycles. The highest BCUT2D eigenvalue weighted by atomic mass is 16.2. The summed E-state index contributed by atoms with van der Waals surface area (Å²) in [4.78, 5) is 47.2. The first-order valence-electron chi connectivity index (χ1n) is 10.0. The minimum absolute atomic E-state index is 0.0619. The number of fused-ring (bicyclic) bond motifs is 1. The fraction of sp³-hybridized carbons (Fsp3) is 0.600. The highest BCUT2D eigenvalue weighted by molar-refractivity contribution is 6.05. The fourth-order valence-electron chi connectivity index (χ4n) is 3.76. The Morgan fingerprint density at radius 2 is 2.14 bits per heavy atom. The van der Waals surface area contributed by atoms with Crippen molar-refractivity contribution in [3.63, 3.8) is 0 Å². The predicted molar refractivity (Wildman–Crippen MR) is 109 cm³/mol. The Bertz CT molecular complexity index is 992. The van der Waals surface area contributed by atoms with Gasteiger partial charge >= 0.3 is 5.69 Å². The van der Waals surface area contributed by atoms with Gasteiger partial charge in [0, 0.05) is 31.4 Å².